The maximum Gasteiger partial charge on any atom is 0.371 e. The first-order valence-electron chi connectivity index (χ1n) is 6.57. The van der Waals surface area contributed by atoms with Gasteiger partial charge in [0.05, 0.1) is 6.04 Å². The second-order valence-electron chi connectivity index (χ2n) is 4.60. The second kappa shape index (κ2) is 6.34. The smallest absolute Gasteiger partial charge is 0.371 e. The first-order chi connectivity index (χ1) is 9.61. The monoisotopic (exact) mass is 274 g/mol. The van der Waals surface area contributed by atoms with Gasteiger partial charge in [-0.05, 0) is 43.3 Å². The summed E-state index contributed by atoms with van der Waals surface area (Å²) in [5.74, 6) is -0.397. The third-order valence-electron chi connectivity index (χ3n) is 3.34. The minimum Gasteiger partial charge on any atom is -0.475 e. The van der Waals surface area contributed by atoms with Crippen LogP contribution in [0.5, 0.6) is 0 Å². The first-order valence-corrected chi connectivity index (χ1v) is 6.57. The molecule has 1 N–H and O–H groups in total. The Bertz CT molecular complexity index is 566. The van der Waals surface area contributed by atoms with E-state index in [1.165, 1.54) is 11.6 Å². The summed E-state index contributed by atoms with van der Waals surface area (Å²) in [6, 6.07) is 7.18. The number of furan rings is 1. The zero-order chi connectivity index (χ0) is 14.5. The van der Waals surface area contributed by atoms with E-state index in [2.05, 4.69) is 16.8 Å². The molecule has 0 spiro atoms. The van der Waals surface area contributed by atoms with Gasteiger partial charge in [-0.2, -0.15) is 0 Å². The van der Waals surface area contributed by atoms with Gasteiger partial charge in [-0.25, -0.2) is 4.79 Å². The lowest BCUT2D eigenvalue weighted by Gasteiger charge is -2.26. The molecule has 0 radical (unpaired) electrons. The van der Waals surface area contributed by atoms with Crippen molar-refractivity contribution in [2.75, 3.05) is 6.54 Å². The summed E-state index contributed by atoms with van der Waals surface area (Å²) < 4.78 is 5.37. The number of nitrogens with zero attached hydrogens (tertiary/aromatic N) is 2. The average Bonchev–Trinajstić information content (AvgIpc) is 2.95. The Morgan fingerprint density at radius 1 is 1.35 bits per heavy atom. The summed E-state index contributed by atoms with van der Waals surface area (Å²) in [5, 5.41) is 8.90. The van der Waals surface area contributed by atoms with Crippen molar-refractivity contribution >= 4 is 5.97 Å². The number of aromatic nitrogens is 1. The first kappa shape index (κ1) is 14.3. The number of carbonyl (C=O) groups is 1. The summed E-state index contributed by atoms with van der Waals surface area (Å²) in [7, 11) is 0. The fraction of sp³-hybridized carbons (Fsp3) is 0.333. The summed E-state index contributed by atoms with van der Waals surface area (Å²) in [6.07, 6.45) is 3.53. The molecule has 2 aromatic heterocycles. The molecule has 0 bridgehead atoms. The van der Waals surface area contributed by atoms with E-state index in [1.54, 1.807) is 18.5 Å². The highest BCUT2D eigenvalue weighted by Crippen LogP contribution is 2.24. The van der Waals surface area contributed by atoms with Crippen LogP contribution in [-0.4, -0.2) is 27.5 Å². The highest BCUT2D eigenvalue weighted by molar-refractivity contribution is 5.84. The van der Waals surface area contributed by atoms with E-state index < -0.39 is 5.97 Å². The van der Waals surface area contributed by atoms with Crippen molar-refractivity contribution in [2.45, 2.75) is 26.4 Å². The van der Waals surface area contributed by atoms with Crippen LogP contribution in [0.25, 0.3) is 0 Å². The van der Waals surface area contributed by atoms with E-state index in [-0.39, 0.29) is 11.8 Å². The van der Waals surface area contributed by atoms with Gasteiger partial charge in [0.15, 0.2) is 0 Å². The number of pyridine rings is 1. The maximum absolute atomic E-state index is 10.9. The van der Waals surface area contributed by atoms with Gasteiger partial charge < -0.3 is 9.52 Å². The Hall–Kier alpha value is -2.14. The molecule has 5 heteroatoms. The fourth-order valence-electron chi connectivity index (χ4n) is 2.12. The van der Waals surface area contributed by atoms with Crippen LogP contribution in [0.4, 0.5) is 0 Å². The molecular weight excluding hydrogens is 256 g/mol. The molecule has 0 saturated heterocycles. The molecule has 0 saturated carbocycles. The Morgan fingerprint density at radius 2 is 2.05 bits per heavy atom. The predicted molar refractivity (Wildman–Crippen MR) is 74.4 cm³/mol. The SMILES string of the molecule is CCN(Cc1ccncc1)C(C)c1ccc(C(=O)O)o1. The number of aromatic carboxylic acids is 1. The highest BCUT2D eigenvalue weighted by Gasteiger charge is 2.19. The molecule has 1 unspecified atom stereocenters. The van der Waals surface area contributed by atoms with E-state index >= 15 is 0 Å². The molecule has 0 aromatic carbocycles. The van der Waals surface area contributed by atoms with Crippen LogP contribution in [0, 0.1) is 0 Å². The van der Waals surface area contributed by atoms with E-state index in [4.69, 9.17) is 9.52 Å². The quantitative estimate of drug-likeness (QED) is 0.877. The Kier molecular flexibility index (Phi) is 4.53. The van der Waals surface area contributed by atoms with Gasteiger partial charge in [-0.3, -0.25) is 9.88 Å². The number of carboxylic acid groups (broad SMARTS) is 1. The van der Waals surface area contributed by atoms with Gasteiger partial charge in [-0.1, -0.05) is 6.92 Å². The molecule has 5 nitrogen and oxygen atoms in total. The molecule has 2 heterocycles. The largest absolute Gasteiger partial charge is 0.475 e. The number of hydrogen-bond donors (Lipinski definition) is 1. The van der Waals surface area contributed by atoms with Crippen molar-refractivity contribution in [3.63, 3.8) is 0 Å². The van der Waals surface area contributed by atoms with E-state index in [0.29, 0.717) is 5.76 Å². The fourth-order valence-corrected chi connectivity index (χ4v) is 2.12. The maximum atomic E-state index is 10.9. The van der Waals surface area contributed by atoms with Gasteiger partial charge in [0.1, 0.15) is 5.76 Å². The molecule has 0 aliphatic carbocycles. The van der Waals surface area contributed by atoms with Crippen LogP contribution < -0.4 is 0 Å². The molecule has 0 aliphatic rings. The van der Waals surface area contributed by atoms with Gasteiger partial charge in [0.25, 0.3) is 0 Å². The van der Waals surface area contributed by atoms with Crippen molar-refractivity contribution in [3.8, 4) is 0 Å². The Labute approximate surface area is 117 Å². The minimum absolute atomic E-state index is 0.0151. The van der Waals surface area contributed by atoms with Gasteiger partial charge in [-0.15, -0.1) is 0 Å². The topological polar surface area (TPSA) is 66.6 Å². The summed E-state index contributed by atoms with van der Waals surface area (Å²) in [6.45, 7) is 5.68. The lowest BCUT2D eigenvalue weighted by Crippen LogP contribution is -2.26. The molecule has 2 aromatic rings. The molecular formula is C15H18N2O3. The van der Waals surface area contributed by atoms with E-state index in [1.807, 2.05) is 19.1 Å². The van der Waals surface area contributed by atoms with Crippen molar-refractivity contribution in [1.29, 1.82) is 0 Å². The molecule has 0 fully saturated rings. The Balaban J connectivity index is 2.11. The van der Waals surface area contributed by atoms with Crippen LogP contribution in [0.3, 0.4) is 0 Å². The van der Waals surface area contributed by atoms with E-state index in [0.717, 1.165) is 13.1 Å². The predicted octanol–water partition coefficient (Wildman–Crippen LogP) is 2.96. The van der Waals surface area contributed by atoms with E-state index in [9.17, 15) is 4.79 Å². The molecule has 20 heavy (non-hydrogen) atoms. The van der Waals surface area contributed by atoms with Gasteiger partial charge in [0, 0.05) is 18.9 Å². The van der Waals surface area contributed by atoms with Crippen molar-refractivity contribution in [1.82, 2.24) is 9.88 Å². The lowest BCUT2D eigenvalue weighted by molar-refractivity contribution is 0.0655. The van der Waals surface area contributed by atoms with Crippen LogP contribution in [0.1, 0.15) is 41.8 Å². The summed E-state index contributed by atoms with van der Waals surface area (Å²) >= 11 is 0. The van der Waals surface area contributed by atoms with Crippen LogP contribution in [0.15, 0.2) is 41.1 Å². The standard InChI is InChI=1S/C15H18N2O3/c1-3-17(10-12-6-8-16-9-7-12)11(2)13-4-5-14(20-13)15(18)19/h4-9,11H,3,10H2,1-2H3,(H,18,19). The number of hydrogen-bond acceptors (Lipinski definition) is 4. The normalized spacial score (nSPS) is 12.6. The zero-order valence-electron chi connectivity index (χ0n) is 11.6. The number of rotatable bonds is 6. The van der Waals surface area contributed by atoms with Crippen LogP contribution >= 0.6 is 0 Å². The number of carboxylic acids is 1. The summed E-state index contributed by atoms with van der Waals surface area (Å²) in [5.41, 5.74) is 1.17. The molecule has 2 rings (SSSR count). The zero-order valence-corrected chi connectivity index (χ0v) is 11.6. The Morgan fingerprint density at radius 3 is 2.60 bits per heavy atom. The third kappa shape index (κ3) is 3.24. The second-order valence-corrected chi connectivity index (χ2v) is 4.60. The molecule has 0 aliphatic heterocycles. The average molecular weight is 274 g/mol. The third-order valence-corrected chi connectivity index (χ3v) is 3.34. The molecule has 0 amide bonds. The molecule has 1 atom stereocenters. The van der Waals surface area contributed by atoms with Gasteiger partial charge in [0.2, 0.25) is 5.76 Å². The van der Waals surface area contributed by atoms with Crippen molar-refractivity contribution < 1.29 is 14.3 Å². The van der Waals surface area contributed by atoms with Crippen LogP contribution in [0.2, 0.25) is 0 Å². The van der Waals surface area contributed by atoms with Crippen LogP contribution in [-0.2, 0) is 6.54 Å². The molecule has 106 valence electrons. The van der Waals surface area contributed by atoms with Crippen molar-refractivity contribution in [3.05, 3.63) is 53.7 Å². The minimum atomic E-state index is -1.04. The van der Waals surface area contributed by atoms with Crippen molar-refractivity contribution in [2.24, 2.45) is 0 Å². The van der Waals surface area contributed by atoms with Gasteiger partial charge >= 0.3 is 5.97 Å². The summed E-state index contributed by atoms with van der Waals surface area (Å²) in [4.78, 5) is 17.1. The lowest BCUT2D eigenvalue weighted by atomic mass is 10.2. The highest BCUT2D eigenvalue weighted by atomic mass is 16.4.